The molecule has 1 saturated heterocycles. The van der Waals surface area contributed by atoms with Gasteiger partial charge >= 0.3 is 0 Å². The molecule has 0 radical (unpaired) electrons. The van der Waals surface area contributed by atoms with Crippen LogP contribution in [-0.2, 0) is 17.8 Å². The number of aryl methyl sites for hydroxylation is 1. The van der Waals surface area contributed by atoms with Crippen molar-refractivity contribution in [2.45, 2.75) is 58.9 Å². The number of carbonyl (C=O) groups excluding carboxylic acids is 1. The topological polar surface area (TPSA) is 49.3 Å². The molecule has 0 bridgehead atoms. The second-order valence-corrected chi connectivity index (χ2v) is 8.76. The van der Waals surface area contributed by atoms with Crippen LogP contribution in [0.2, 0.25) is 0 Å². The van der Waals surface area contributed by atoms with E-state index in [0.717, 1.165) is 69.2 Å². The molecule has 1 amide bonds. The number of aromatic nitrogens is 2. The van der Waals surface area contributed by atoms with Gasteiger partial charge < -0.3 is 9.80 Å². The Hall–Kier alpha value is -2.43. The first-order chi connectivity index (χ1) is 14.0. The first kappa shape index (κ1) is 19.9. The summed E-state index contributed by atoms with van der Waals surface area (Å²) in [5.41, 5.74) is 3.71. The Morgan fingerprint density at radius 3 is 2.69 bits per heavy atom. The molecule has 2 aliphatic heterocycles. The van der Waals surface area contributed by atoms with E-state index in [2.05, 4.69) is 42.2 Å². The van der Waals surface area contributed by atoms with Crippen LogP contribution >= 0.6 is 0 Å². The Morgan fingerprint density at radius 2 is 1.93 bits per heavy atom. The predicted octanol–water partition coefficient (Wildman–Crippen LogP) is 4.10. The van der Waals surface area contributed by atoms with E-state index in [9.17, 15) is 4.79 Å². The van der Waals surface area contributed by atoms with E-state index in [-0.39, 0.29) is 17.7 Å². The lowest BCUT2D eigenvalue weighted by Crippen LogP contribution is -2.41. The molecule has 0 saturated carbocycles. The minimum Gasteiger partial charge on any atom is -0.352 e. The van der Waals surface area contributed by atoms with Crippen LogP contribution in [0.25, 0.3) is 0 Å². The third kappa shape index (κ3) is 4.29. The van der Waals surface area contributed by atoms with Crippen LogP contribution in [0.1, 0.15) is 61.7 Å². The molecule has 1 aromatic heterocycles. The fourth-order valence-electron chi connectivity index (χ4n) is 4.60. The Morgan fingerprint density at radius 1 is 1.14 bits per heavy atom. The number of benzene rings is 1. The molecule has 0 aliphatic carbocycles. The van der Waals surface area contributed by atoms with Crippen molar-refractivity contribution in [3.05, 3.63) is 53.0 Å². The van der Waals surface area contributed by atoms with Crippen LogP contribution in [0.5, 0.6) is 0 Å². The maximum absolute atomic E-state index is 12.5. The van der Waals surface area contributed by atoms with Crippen molar-refractivity contribution in [3.63, 3.8) is 0 Å². The van der Waals surface area contributed by atoms with Gasteiger partial charge in [-0.05, 0) is 38.2 Å². The number of amides is 1. The van der Waals surface area contributed by atoms with Gasteiger partial charge in [0, 0.05) is 49.3 Å². The van der Waals surface area contributed by atoms with Crippen LogP contribution in [-0.4, -0.2) is 40.4 Å². The second-order valence-electron chi connectivity index (χ2n) is 8.76. The summed E-state index contributed by atoms with van der Waals surface area (Å²) in [6.07, 6.45) is 4.27. The SMILES string of the molecule is Cc1nc([C@H]2CCCN(C(=O)C(C)C)C2)nc2c1CCCN2Cc1ccccc1. The first-order valence-electron chi connectivity index (χ1n) is 11.0. The minimum absolute atomic E-state index is 0.0429. The minimum atomic E-state index is 0.0429. The van der Waals surface area contributed by atoms with E-state index in [1.54, 1.807) is 0 Å². The average Bonchev–Trinajstić information content (AvgIpc) is 2.74. The van der Waals surface area contributed by atoms with Gasteiger partial charge in [0.15, 0.2) is 0 Å². The molecule has 154 valence electrons. The van der Waals surface area contributed by atoms with E-state index in [1.165, 1.54) is 11.1 Å². The molecular weight excluding hydrogens is 360 g/mol. The number of likely N-dealkylation sites (tertiary alicyclic amines) is 1. The van der Waals surface area contributed by atoms with Crippen LogP contribution in [0.15, 0.2) is 30.3 Å². The molecule has 1 fully saturated rings. The largest absolute Gasteiger partial charge is 0.352 e. The summed E-state index contributed by atoms with van der Waals surface area (Å²) in [5, 5.41) is 0. The fraction of sp³-hybridized carbons (Fsp3) is 0.542. The van der Waals surface area contributed by atoms with Crippen LogP contribution < -0.4 is 4.90 Å². The van der Waals surface area contributed by atoms with Gasteiger partial charge in [0.25, 0.3) is 0 Å². The van der Waals surface area contributed by atoms with Gasteiger partial charge in [-0.15, -0.1) is 0 Å². The molecule has 1 atom stereocenters. The third-order valence-electron chi connectivity index (χ3n) is 6.17. The van der Waals surface area contributed by atoms with Crippen LogP contribution in [0, 0.1) is 12.8 Å². The van der Waals surface area contributed by atoms with Crippen LogP contribution in [0.3, 0.4) is 0 Å². The lowest BCUT2D eigenvalue weighted by atomic mass is 9.95. The summed E-state index contributed by atoms with van der Waals surface area (Å²) in [7, 11) is 0. The zero-order valence-electron chi connectivity index (χ0n) is 17.9. The van der Waals surface area contributed by atoms with Crippen molar-refractivity contribution >= 4 is 11.7 Å². The number of rotatable bonds is 4. The van der Waals surface area contributed by atoms with E-state index in [4.69, 9.17) is 9.97 Å². The van der Waals surface area contributed by atoms with Gasteiger partial charge in [-0.25, -0.2) is 9.97 Å². The monoisotopic (exact) mass is 392 g/mol. The van der Waals surface area contributed by atoms with Gasteiger partial charge in [-0.1, -0.05) is 44.2 Å². The normalized spacial score (nSPS) is 19.4. The zero-order chi connectivity index (χ0) is 20.4. The molecule has 29 heavy (non-hydrogen) atoms. The van der Waals surface area contributed by atoms with Gasteiger partial charge in [0.2, 0.25) is 5.91 Å². The standard InChI is InChI=1S/C24H32N4O/c1-17(2)24(29)28-14-7-11-20(16-28)22-25-18(3)21-12-8-13-27(23(21)26-22)15-19-9-5-4-6-10-19/h4-6,9-10,17,20H,7-8,11-16H2,1-3H3/t20-/m0/s1. The smallest absolute Gasteiger partial charge is 0.225 e. The zero-order valence-corrected chi connectivity index (χ0v) is 17.9. The van der Waals surface area contributed by atoms with E-state index >= 15 is 0 Å². The molecule has 2 aromatic rings. The summed E-state index contributed by atoms with van der Waals surface area (Å²) >= 11 is 0. The molecule has 3 heterocycles. The van der Waals surface area contributed by atoms with E-state index in [1.807, 2.05) is 18.7 Å². The predicted molar refractivity (Wildman–Crippen MR) is 116 cm³/mol. The molecule has 0 N–H and O–H groups in total. The highest BCUT2D eigenvalue weighted by atomic mass is 16.2. The van der Waals surface area contributed by atoms with Crippen molar-refractivity contribution in [2.24, 2.45) is 5.92 Å². The molecule has 1 aromatic carbocycles. The summed E-state index contributed by atoms with van der Waals surface area (Å²) < 4.78 is 0. The Bertz CT molecular complexity index is 865. The molecule has 2 aliphatic rings. The summed E-state index contributed by atoms with van der Waals surface area (Å²) in [5.74, 6) is 2.55. The highest BCUT2D eigenvalue weighted by Crippen LogP contribution is 2.32. The van der Waals surface area contributed by atoms with Gasteiger partial charge in [0.05, 0.1) is 0 Å². The number of anilines is 1. The highest BCUT2D eigenvalue weighted by Gasteiger charge is 2.30. The molecule has 0 unspecified atom stereocenters. The summed E-state index contributed by atoms with van der Waals surface area (Å²) in [6.45, 7) is 9.59. The van der Waals surface area contributed by atoms with Crippen molar-refractivity contribution in [1.29, 1.82) is 0 Å². The number of carbonyl (C=O) groups is 1. The molecule has 5 heteroatoms. The first-order valence-corrected chi connectivity index (χ1v) is 11.0. The van der Waals surface area contributed by atoms with E-state index in [0.29, 0.717) is 0 Å². The molecule has 5 nitrogen and oxygen atoms in total. The molecular formula is C24H32N4O. The lowest BCUT2D eigenvalue weighted by Gasteiger charge is -2.35. The quantitative estimate of drug-likeness (QED) is 0.786. The Labute approximate surface area is 174 Å². The lowest BCUT2D eigenvalue weighted by molar-refractivity contribution is -0.135. The second kappa shape index (κ2) is 8.52. The van der Waals surface area contributed by atoms with Crippen molar-refractivity contribution in [1.82, 2.24) is 14.9 Å². The fourth-order valence-corrected chi connectivity index (χ4v) is 4.60. The van der Waals surface area contributed by atoms with Crippen molar-refractivity contribution < 1.29 is 4.79 Å². The number of fused-ring (bicyclic) bond motifs is 1. The number of hydrogen-bond donors (Lipinski definition) is 0. The average molecular weight is 393 g/mol. The maximum atomic E-state index is 12.5. The van der Waals surface area contributed by atoms with E-state index < -0.39 is 0 Å². The number of nitrogens with zero attached hydrogens (tertiary/aromatic N) is 4. The third-order valence-corrected chi connectivity index (χ3v) is 6.17. The van der Waals surface area contributed by atoms with Crippen molar-refractivity contribution in [2.75, 3.05) is 24.5 Å². The van der Waals surface area contributed by atoms with Gasteiger partial charge in [-0.2, -0.15) is 0 Å². The number of hydrogen-bond acceptors (Lipinski definition) is 4. The Balaban J connectivity index is 1.60. The maximum Gasteiger partial charge on any atom is 0.225 e. The van der Waals surface area contributed by atoms with Gasteiger partial charge in [-0.3, -0.25) is 4.79 Å². The number of piperidine rings is 1. The molecule has 0 spiro atoms. The summed E-state index contributed by atoms with van der Waals surface area (Å²) in [6, 6.07) is 10.6. The highest BCUT2D eigenvalue weighted by molar-refractivity contribution is 5.78. The van der Waals surface area contributed by atoms with Crippen molar-refractivity contribution in [3.8, 4) is 0 Å². The molecule has 4 rings (SSSR count). The van der Waals surface area contributed by atoms with Gasteiger partial charge in [0.1, 0.15) is 11.6 Å². The summed E-state index contributed by atoms with van der Waals surface area (Å²) in [4.78, 5) is 26.9. The Kier molecular flexibility index (Phi) is 5.84. The van der Waals surface area contributed by atoms with Crippen LogP contribution in [0.4, 0.5) is 5.82 Å².